The molecule has 4 N–H and O–H groups in total. The molecule has 2 fully saturated rings. The Morgan fingerprint density at radius 3 is 2.67 bits per heavy atom. The van der Waals surface area contributed by atoms with E-state index in [1.54, 1.807) is 24.3 Å². The van der Waals surface area contributed by atoms with Crippen molar-refractivity contribution in [2.45, 2.75) is 19.0 Å². The molecular weight excluding hydrogens is 382 g/mol. The Balaban J connectivity index is 1.25. The fourth-order valence-electron chi connectivity index (χ4n) is 4.05. The zero-order valence-electron chi connectivity index (χ0n) is 16.5. The molecule has 0 spiro atoms. The van der Waals surface area contributed by atoms with Crippen molar-refractivity contribution in [3.05, 3.63) is 60.4 Å². The number of nitrogens with one attached hydrogen (secondary N) is 4. The number of benzene rings is 2. The predicted octanol–water partition coefficient (Wildman–Crippen LogP) is 0.838. The van der Waals surface area contributed by atoms with Gasteiger partial charge in [-0.1, -0.05) is 30.3 Å². The van der Waals surface area contributed by atoms with Crippen LogP contribution < -0.4 is 26.2 Å². The number of hydrogen-bond donors (Lipinski definition) is 4. The molecule has 9 nitrogen and oxygen atoms in total. The molecule has 9 heteroatoms. The standard InChI is InChI=1S/C21H23N7O2/c1-27-16-10-6-5-9-15(16)24-17(27)12-23-20-22-11-14-18(25-20)26-21(30)28(19(14)29)13-7-3-2-4-8-13/h2-10,14,18,20,22-23,25H,11-12H2,1H3,(H,26,30). The molecule has 3 amide bonds. The van der Waals surface area contributed by atoms with Gasteiger partial charge in [0.25, 0.3) is 0 Å². The van der Waals surface area contributed by atoms with E-state index in [1.165, 1.54) is 4.90 Å². The average molecular weight is 405 g/mol. The lowest BCUT2D eigenvalue weighted by Crippen LogP contribution is -2.74. The summed E-state index contributed by atoms with van der Waals surface area (Å²) < 4.78 is 2.05. The van der Waals surface area contributed by atoms with Gasteiger partial charge in [0.2, 0.25) is 5.91 Å². The van der Waals surface area contributed by atoms with E-state index >= 15 is 0 Å². The van der Waals surface area contributed by atoms with E-state index in [0.29, 0.717) is 18.8 Å². The molecule has 5 rings (SSSR count). The summed E-state index contributed by atoms with van der Waals surface area (Å²) in [6.07, 6.45) is -0.702. The molecule has 3 unspecified atom stereocenters. The highest BCUT2D eigenvalue weighted by Gasteiger charge is 2.44. The number of imide groups is 1. The van der Waals surface area contributed by atoms with Crippen molar-refractivity contribution in [1.82, 2.24) is 30.8 Å². The van der Waals surface area contributed by atoms with Crippen LogP contribution in [0.5, 0.6) is 0 Å². The summed E-state index contributed by atoms with van der Waals surface area (Å²) in [6, 6.07) is 16.5. The summed E-state index contributed by atoms with van der Waals surface area (Å²) >= 11 is 0. The fraction of sp³-hybridized carbons (Fsp3) is 0.286. The molecule has 0 saturated carbocycles. The Bertz CT molecular complexity index is 1100. The van der Waals surface area contributed by atoms with E-state index in [0.717, 1.165) is 16.9 Å². The van der Waals surface area contributed by atoms with Crippen LogP contribution in [-0.2, 0) is 18.4 Å². The van der Waals surface area contributed by atoms with Gasteiger partial charge in [0.05, 0.1) is 35.3 Å². The van der Waals surface area contributed by atoms with Crippen molar-refractivity contribution in [3.63, 3.8) is 0 Å². The molecule has 3 atom stereocenters. The minimum atomic E-state index is -0.441. The molecule has 154 valence electrons. The number of fused-ring (bicyclic) bond motifs is 2. The van der Waals surface area contributed by atoms with Gasteiger partial charge in [0.15, 0.2) is 0 Å². The minimum absolute atomic E-state index is 0.219. The zero-order valence-corrected chi connectivity index (χ0v) is 16.5. The number of carbonyl (C=O) groups is 2. The molecule has 30 heavy (non-hydrogen) atoms. The lowest BCUT2D eigenvalue weighted by molar-refractivity contribution is -0.124. The summed E-state index contributed by atoms with van der Waals surface area (Å²) in [5.41, 5.74) is 2.60. The highest BCUT2D eigenvalue weighted by molar-refractivity contribution is 6.17. The van der Waals surface area contributed by atoms with Crippen LogP contribution >= 0.6 is 0 Å². The van der Waals surface area contributed by atoms with Crippen molar-refractivity contribution in [2.24, 2.45) is 13.0 Å². The van der Waals surface area contributed by atoms with Gasteiger partial charge in [0.1, 0.15) is 12.1 Å². The number of aryl methyl sites for hydroxylation is 1. The summed E-state index contributed by atoms with van der Waals surface area (Å²) in [5, 5.41) is 12.9. The molecule has 2 saturated heterocycles. The Morgan fingerprint density at radius 1 is 1.10 bits per heavy atom. The number of rotatable bonds is 4. The maximum Gasteiger partial charge on any atom is 0.330 e. The molecule has 2 aromatic carbocycles. The van der Waals surface area contributed by atoms with Crippen LogP contribution in [-0.4, -0.2) is 40.5 Å². The third-order valence-corrected chi connectivity index (χ3v) is 5.67. The van der Waals surface area contributed by atoms with Gasteiger partial charge in [-0.05, 0) is 24.3 Å². The fourth-order valence-corrected chi connectivity index (χ4v) is 4.05. The van der Waals surface area contributed by atoms with Crippen LogP contribution in [0.1, 0.15) is 5.82 Å². The van der Waals surface area contributed by atoms with E-state index < -0.39 is 18.1 Å². The SMILES string of the molecule is Cn1c(CNC2NCC3C(=O)N(c4ccccc4)C(=O)NC3N2)nc2ccccc21. The molecule has 0 bridgehead atoms. The second-order valence-electron chi connectivity index (χ2n) is 7.51. The van der Waals surface area contributed by atoms with Crippen molar-refractivity contribution in [1.29, 1.82) is 0 Å². The smallest absolute Gasteiger partial charge is 0.330 e. The maximum atomic E-state index is 13.0. The first-order valence-electron chi connectivity index (χ1n) is 9.94. The Labute approximate surface area is 173 Å². The topological polar surface area (TPSA) is 103 Å². The van der Waals surface area contributed by atoms with Crippen LogP contribution in [0.3, 0.4) is 0 Å². The quantitative estimate of drug-likeness (QED) is 0.513. The number of hydrogen-bond acceptors (Lipinski definition) is 6. The number of aromatic nitrogens is 2. The van der Waals surface area contributed by atoms with E-state index in [-0.39, 0.29) is 12.2 Å². The molecule has 3 heterocycles. The van der Waals surface area contributed by atoms with Crippen LogP contribution in [0.25, 0.3) is 11.0 Å². The Kier molecular flexibility index (Phi) is 4.70. The average Bonchev–Trinajstić information content (AvgIpc) is 3.08. The van der Waals surface area contributed by atoms with E-state index in [1.807, 2.05) is 37.4 Å². The molecule has 2 aliphatic rings. The van der Waals surface area contributed by atoms with Crippen LogP contribution in [0.2, 0.25) is 0 Å². The number of urea groups is 1. The van der Waals surface area contributed by atoms with Crippen molar-refractivity contribution in [3.8, 4) is 0 Å². The summed E-state index contributed by atoms with van der Waals surface area (Å²) in [5.74, 6) is 0.293. The zero-order chi connectivity index (χ0) is 20.7. The normalized spacial score (nSPS) is 24.0. The molecule has 3 aromatic rings. The third kappa shape index (κ3) is 3.22. The monoisotopic (exact) mass is 405 g/mol. The molecule has 0 radical (unpaired) electrons. The number of para-hydroxylation sites is 3. The van der Waals surface area contributed by atoms with Gasteiger partial charge in [-0.15, -0.1) is 0 Å². The number of imidazole rings is 1. The maximum absolute atomic E-state index is 13.0. The number of carbonyl (C=O) groups excluding carboxylic acids is 2. The first kappa shape index (κ1) is 18.7. The number of anilines is 1. The lowest BCUT2D eigenvalue weighted by Gasteiger charge is -2.43. The minimum Gasteiger partial charge on any atom is -0.330 e. The van der Waals surface area contributed by atoms with Crippen LogP contribution in [0, 0.1) is 5.92 Å². The second kappa shape index (κ2) is 7.52. The van der Waals surface area contributed by atoms with Gasteiger partial charge in [-0.25, -0.2) is 14.7 Å². The number of amides is 3. The first-order chi connectivity index (χ1) is 14.6. The van der Waals surface area contributed by atoms with Crippen LogP contribution in [0.15, 0.2) is 54.6 Å². The lowest BCUT2D eigenvalue weighted by atomic mass is 9.99. The largest absolute Gasteiger partial charge is 0.330 e. The summed E-state index contributed by atoms with van der Waals surface area (Å²) in [7, 11) is 1.99. The van der Waals surface area contributed by atoms with Crippen LogP contribution in [0.4, 0.5) is 10.5 Å². The van der Waals surface area contributed by atoms with Gasteiger partial charge in [-0.2, -0.15) is 0 Å². The van der Waals surface area contributed by atoms with Gasteiger partial charge >= 0.3 is 6.03 Å². The second-order valence-corrected chi connectivity index (χ2v) is 7.51. The highest BCUT2D eigenvalue weighted by Crippen LogP contribution is 2.23. The van der Waals surface area contributed by atoms with Gasteiger partial charge in [0, 0.05) is 13.6 Å². The van der Waals surface area contributed by atoms with Gasteiger partial charge in [-0.3, -0.25) is 20.7 Å². The van der Waals surface area contributed by atoms with E-state index in [2.05, 4.69) is 30.8 Å². The third-order valence-electron chi connectivity index (χ3n) is 5.67. The van der Waals surface area contributed by atoms with E-state index in [9.17, 15) is 9.59 Å². The Hall–Kier alpha value is -3.27. The highest BCUT2D eigenvalue weighted by atomic mass is 16.2. The van der Waals surface area contributed by atoms with Crippen molar-refractivity contribution < 1.29 is 9.59 Å². The van der Waals surface area contributed by atoms with Crippen molar-refractivity contribution >= 4 is 28.7 Å². The molecule has 2 aliphatic heterocycles. The van der Waals surface area contributed by atoms with Crippen molar-refractivity contribution in [2.75, 3.05) is 11.4 Å². The predicted molar refractivity (Wildman–Crippen MR) is 112 cm³/mol. The summed E-state index contributed by atoms with van der Waals surface area (Å²) in [6.45, 7) is 0.978. The number of nitrogens with zero attached hydrogens (tertiary/aromatic N) is 3. The van der Waals surface area contributed by atoms with E-state index in [4.69, 9.17) is 0 Å². The molecule has 0 aliphatic carbocycles. The molecular formula is C21H23N7O2. The molecule has 1 aromatic heterocycles. The Morgan fingerprint density at radius 2 is 1.87 bits per heavy atom. The van der Waals surface area contributed by atoms with Gasteiger partial charge < -0.3 is 9.88 Å². The first-order valence-corrected chi connectivity index (χ1v) is 9.94. The summed E-state index contributed by atoms with van der Waals surface area (Å²) in [4.78, 5) is 31.4.